The van der Waals surface area contributed by atoms with Crippen molar-refractivity contribution in [1.29, 1.82) is 0 Å². The summed E-state index contributed by atoms with van der Waals surface area (Å²) in [7, 11) is -3.33. The first-order valence-electron chi connectivity index (χ1n) is 4.50. The van der Waals surface area contributed by atoms with E-state index in [2.05, 4.69) is 21.7 Å². The monoisotopic (exact) mass is 239 g/mol. The van der Waals surface area contributed by atoms with Gasteiger partial charge < -0.3 is 5.73 Å². The number of thiocarbonyl (C=S) groups is 1. The molecule has 5 nitrogen and oxygen atoms in total. The highest BCUT2D eigenvalue weighted by molar-refractivity contribution is 7.87. The largest absolute Gasteiger partial charge is 0.393 e. The van der Waals surface area contributed by atoms with Gasteiger partial charge >= 0.3 is 0 Å². The zero-order valence-electron chi connectivity index (χ0n) is 8.25. The Kier molecular flexibility index (Phi) is 6.98. The van der Waals surface area contributed by atoms with Gasteiger partial charge in [-0.25, -0.2) is 9.44 Å². The van der Waals surface area contributed by atoms with E-state index < -0.39 is 10.2 Å². The molecule has 0 aromatic carbocycles. The van der Waals surface area contributed by atoms with E-state index in [1.807, 2.05) is 6.92 Å². The molecule has 0 aliphatic heterocycles. The zero-order chi connectivity index (χ0) is 11.0. The summed E-state index contributed by atoms with van der Waals surface area (Å²) in [5.74, 6) is 0. The Labute approximate surface area is 90.6 Å². The SMILES string of the molecule is CCCNS(=O)(=O)NCCCC(N)=S. The van der Waals surface area contributed by atoms with E-state index in [1.54, 1.807) is 0 Å². The maximum absolute atomic E-state index is 11.1. The van der Waals surface area contributed by atoms with Crippen LogP contribution in [0.15, 0.2) is 0 Å². The van der Waals surface area contributed by atoms with E-state index in [9.17, 15) is 8.42 Å². The van der Waals surface area contributed by atoms with Crippen molar-refractivity contribution in [3.8, 4) is 0 Å². The molecule has 0 amide bonds. The third kappa shape index (κ3) is 8.36. The van der Waals surface area contributed by atoms with Gasteiger partial charge in [-0.2, -0.15) is 8.42 Å². The molecule has 0 radical (unpaired) electrons. The van der Waals surface area contributed by atoms with Crippen molar-refractivity contribution < 1.29 is 8.42 Å². The standard InChI is InChI=1S/C7H17N3O2S2/c1-2-5-9-14(11,12)10-6-3-4-7(8)13/h9-10H,2-6H2,1H3,(H2,8,13). The Balaban J connectivity index is 3.61. The van der Waals surface area contributed by atoms with E-state index in [4.69, 9.17) is 5.73 Å². The Morgan fingerprint density at radius 3 is 2.43 bits per heavy atom. The molecule has 0 aromatic rings. The van der Waals surface area contributed by atoms with Crippen molar-refractivity contribution >= 4 is 27.4 Å². The Hall–Kier alpha value is -0.240. The molecule has 0 saturated heterocycles. The van der Waals surface area contributed by atoms with Crippen LogP contribution >= 0.6 is 12.2 Å². The van der Waals surface area contributed by atoms with Crippen LogP contribution in [-0.4, -0.2) is 26.5 Å². The van der Waals surface area contributed by atoms with Crippen molar-refractivity contribution in [2.75, 3.05) is 13.1 Å². The Morgan fingerprint density at radius 1 is 1.36 bits per heavy atom. The molecular weight excluding hydrogens is 222 g/mol. The summed E-state index contributed by atoms with van der Waals surface area (Å²) in [4.78, 5) is 0.408. The minimum Gasteiger partial charge on any atom is -0.393 e. The predicted molar refractivity (Wildman–Crippen MR) is 61.2 cm³/mol. The molecule has 14 heavy (non-hydrogen) atoms. The van der Waals surface area contributed by atoms with Crippen molar-refractivity contribution in [3.63, 3.8) is 0 Å². The summed E-state index contributed by atoms with van der Waals surface area (Å²) < 4.78 is 27.1. The first-order valence-corrected chi connectivity index (χ1v) is 6.39. The highest BCUT2D eigenvalue weighted by Crippen LogP contribution is 1.88. The number of nitrogens with two attached hydrogens (primary N) is 1. The molecule has 0 aromatic heterocycles. The molecule has 0 bridgehead atoms. The minimum absolute atomic E-state index is 0.358. The van der Waals surface area contributed by atoms with Crippen LogP contribution in [-0.2, 0) is 10.2 Å². The van der Waals surface area contributed by atoms with Gasteiger partial charge in [0.15, 0.2) is 0 Å². The average Bonchev–Trinajstić information content (AvgIpc) is 2.09. The molecule has 0 aliphatic rings. The van der Waals surface area contributed by atoms with Crippen LogP contribution in [0, 0.1) is 0 Å². The second-order valence-electron chi connectivity index (χ2n) is 2.86. The fraction of sp³-hybridized carbons (Fsp3) is 0.857. The summed E-state index contributed by atoms with van der Waals surface area (Å²) in [5.41, 5.74) is 5.26. The zero-order valence-corrected chi connectivity index (χ0v) is 9.88. The fourth-order valence-corrected chi connectivity index (χ4v) is 1.89. The first-order chi connectivity index (χ1) is 6.48. The van der Waals surface area contributed by atoms with E-state index in [0.717, 1.165) is 6.42 Å². The number of hydrogen-bond donors (Lipinski definition) is 3. The highest BCUT2D eigenvalue weighted by atomic mass is 32.2. The molecule has 0 aliphatic carbocycles. The lowest BCUT2D eigenvalue weighted by Crippen LogP contribution is -2.37. The number of hydrogen-bond acceptors (Lipinski definition) is 3. The van der Waals surface area contributed by atoms with Gasteiger partial charge in [0, 0.05) is 13.1 Å². The Bertz CT molecular complexity index is 264. The van der Waals surface area contributed by atoms with Crippen LogP contribution in [0.2, 0.25) is 0 Å². The third-order valence-corrected chi connectivity index (χ3v) is 2.81. The van der Waals surface area contributed by atoms with Crippen LogP contribution in [0.5, 0.6) is 0 Å². The molecule has 0 unspecified atom stereocenters. The summed E-state index contributed by atoms with van der Waals surface area (Å²) in [6.07, 6.45) is 1.96. The molecule has 0 spiro atoms. The van der Waals surface area contributed by atoms with Gasteiger partial charge in [0.1, 0.15) is 0 Å². The van der Waals surface area contributed by atoms with Gasteiger partial charge in [0.25, 0.3) is 10.2 Å². The Morgan fingerprint density at radius 2 is 1.93 bits per heavy atom. The summed E-state index contributed by atoms with van der Waals surface area (Å²) >= 11 is 4.66. The van der Waals surface area contributed by atoms with Crippen molar-refractivity contribution in [1.82, 2.24) is 9.44 Å². The summed E-state index contributed by atoms with van der Waals surface area (Å²) in [6.45, 7) is 2.70. The molecule has 0 rings (SSSR count). The molecule has 7 heteroatoms. The lowest BCUT2D eigenvalue weighted by molar-refractivity contribution is 0.564. The van der Waals surface area contributed by atoms with Crippen LogP contribution in [0.4, 0.5) is 0 Å². The summed E-state index contributed by atoms with van der Waals surface area (Å²) in [5, 5.41) is 0. The molecule has 0 heterocycles. The van der Waals surface area contributed by atoms with E-state index in [1.165, 1.54) is 0 Å². The van der Waals surface area contributed by atoms with Crippen LogP contribution in [0.25, 0.3) is 0 Å². The molecule has 0 atom stereocenters. The lowest BCUT2D eigenvalue weighted by atomic mass is 10.3. The maximum Gasteiger partial charge on any atom is 0.276 e. The van der Waals surface area contributed by atoms with Crippen LogP contribution in [0.1, 0.15) is 26.2 Å². The molecule has 0 fully saturated rings. The predicted octanol–water partition coefficient (Wildman–Crippen LogP) is -0.113. The van der Waals surface area contributed by atoms with Gasteiger partial charge in [-0.05, 0) is 19.3 Å². The van der Waals surface area contributed by atoms with Crippen molar-refractivity contribution in [2.24, 2.45) is 5.73 Å². The van der Waals surface area contributed by atoms with Gasteiger partial charge in [0.05, 0.1) is 4.99 Å². The maximum atomic E-state index is 11.1. The van der Waals surface area contributed by atoms with Gasteiger partial charge in [0.2, 0.25) is 0 Å². The van der Waals surface area contributed by atoms with E-state index in [-0.39, 0.29) is 0 Å². The third-order valence-electron chi connectivity index (χ3n) is 1.43. The fourth-order valence-electron chi connectivity index (χ4n) is 0.757. The molecule has 4 N–H and O–H groups in total. The smallest absolute Gasteiger partial charge is 0.276 e. The normalized spacial score (nSPS) is 11.5. The van der Waals surface area contributed by atoms with Crippen LogP contribution in [0.3, 0.4) is 0 Å². The van der Waals surface area contributed by atoms with Gasteiger partial charge in [-0.15, -0.1) is 0 Å². The van der Waals surface area contributed by atoms with Crippen molar-refractivity contribution in [3.05, 3.63) is 0 Å². The van der Waals surface area contributed by atoms with Gasteiger partial charge in [-0.1, -0.05) is 19.1 Å². The van der Waals surface area contributed by atoms with Crippen molar-refractivity contribution in [2.45, 2.75) is 26.2 Å². The summed E-state index contributed by atoms with van der Waals surface area (Å²) in [6, 6.07) is 0. The average molecular weight is 239 g/mol. The molecule has 84 valence electrons. The second-order valence-corrected chi connectivity index (χ2v) is 4.97. The minimum atomic E-state index is -3.33. The topological polar surface area (TPSA) is 84.2 Å². The van der Waals surface area contributed by atoms with E-state index in [0.29, 0.717) is 30.9 Å². The highest BCUT2D eigenvalue weighted by Gasteiger charge is 2.06. The molecule has 0 saturated carbocycles. The second kappa shape index (κ2) is 7.10. The lowest BCUT2D eigenvalue weighted by Gasteiger charge is -2.06. The van der Waals surface area contributed by atoms with Crippen LogP contribution < -0.4 is 15.2 Å². The first kappa shape index (κ1) is 13.8. The number of nitrogens with one attached hydrogen (secondary N) is 2. The number of rotatable bonds is 8. The molecular formula is C7H17N3O2S2. The van der Waals surface area contributed by atoms with Gasteiger partial charge in [-0.3, -0.25) is 0 Å². The van der Waals surface area contributed by atoms with E-state index >= 15 is 0 Å². The quantitative estimate of drug-likeness (QED) is 0.407.